The lowest BCUT2D eigenvalue weighted by Crippen LogP contribution is -2.34. The number of nitro groups is 2. The van der Waals surface area contributed by atoms with Gasteiger partial charge in [0.1, 0.15) is 11.6 Å². The molecular weight excluding hydrogens is 466 g/mol. The van der Waals surface area contributed by atoms with Gasteiger partial charge in [-0.05, 0) is 55.0 Å². The number of halogens is 2. The number of hydrogen-bond acceptors (Lipinski definition) is 6. The van der Waals surface area contributed by atoms with E-state index in [9.17, 15) is 38.6 Å². The van der Waals surface area contributed by atoms with Crippen LogP contribution in [0.2, 0.25) is 0 Å². The van der Waals surface area contributed by atoms with E-state index in [4.69, 9.17) is 0 Å². The number of hydrogen-bond donors (Lipinski definition) is 1. The molecule has 0 fully saturated rings. The van der Waals surface area contributed by atoms with Crippen LogP contribution in [0, 0.1) is 31.9 Å². The first-order valence-electron chi connectivity index (χ1n) is 10.2. The number of nitro benzene ring substituents is 2. The molecule has 0 atom stereocenters. The highest BCUT2D eigenvalue weighted by molar-refractivity contribution is 6.06. The second kappa shape index (κ2) is 10.9. The van der Waals surface area contributed by atoms with Gasteiger partial charge in [0.05, 0.1) is 21.5 Å². The molecule has 0 aliphatic heterocycles. The van der Waals surface area contributed by atoms with E-state index in [1.807, 2.05) is 0 Å². The van der Waals surface area contributed by atoms with Gasteiger partial charge >= 0.3 is 0 Å². The molecule has 0 bridgehead atoms. The SMILES string of the molecule is O=C(NCCCN(C(=O)c1ccc(F)cc1)c1ccc(F)cc1)c1cc([N+](=O)[O-])cc([N+](=O)[O-])c1. The molecule has 3 aromatic carbocycles. The first-order chi connectivity index (χ1) is 16.7. The summed E-state index contributed by atoms with van der Waals surface area (Å²) < 4.78 is 26.6. The van der Waals surface area contributed by atoms with Gasteiger partial charge in [-0.3, -0.25) is 29.8 Å². The molecule has 0 aromatic heterocycles. The van der Waals surface area contributed by atoms with Gasteiger partial charge in [-0.2, -0.15) is 0 Å². The van der Waals surface area contributed by atoms with E-state index in [0.717, 1.165) is 30.3 Å². The van der Waals surface area contributed by atoms with E-state index in [2.05, 4.69) is 5.32 Å². The number of carbonyl (C=O) groups excluding carboxylic acids is 2. The van der Waals surface area contributed by atoms with Crippen molar-refractivity contribution < 1.29 is 28.2 Å². The van der Waals surface area contributed by atoms with Crippen molar-refractivity contribution in [2.45, 2.75) is 6.42 Å². The van der Waals surface area contributed by atoms with Crippen molar-refractivity contribution in [2.24, 2.45) is 0 Å². The maximum absolute atomic E-state index is 13.4. The molecule has 0 heterocycles. The largest absolute Gasteiger partial charge is 0.352 e. The van der Waals surface area contributed by atoms with E-state index in [1.165, 1.54) is 41.3 Å². The molecule has 0 saturated heterocycles. The molecule has 0 unspecified atom stereocenters. The van der Waals surface area contributed by atoms with Crippen molar-refractivity contribution in [3.63, 3.8) is 0 Å². The summed E-state index contributed by atoms with van der Waals surface area (Å²) in [5.74, 6) is -2.26. The number of rotatable bonds is 9. The zero-order chi connectivity index (χ0) is 25.5. The maximum Gasteiger partial charge on any atom is 0.277 e. The molecule has 180 valence electrons. The number of benzene rings is 3. The fourth-order valence-corrected chi connectivity index (χ4v) is 3.20. The highest BCUT2D eigenvalue weighted by atomic mass is 19.1. The van der Waals surface area contributed by atoms with E-state index < -0.39 is 44.7 Å². The summed E-state index contributed by atoms with van der Waals surface area (Å²) in [5.41, 5.74) is -0.887. The fourth-order valence-electron chi connectivity index (χ4n) is 3.20. The Hall–Kier alpha value is -4.74. The van der Waals surface area contributed by atoms with Crippen molar-refractivity contribution in [1.82, 2.24) is 5.32 Å². The summed E-state index contributed by atoms with van der Waals surface area (Å²) in [6.45, 7) is 0.0981. The number of non-ortho nitro benzene ring substituents is 2. The molecule has 3 aromatic rings. The minimum Gasteiger partial charge on any atom is -0.352 e. The van der Waals surface area contributed by atoms with Gasteiger partial charge in [0.15, 0.2) is 0 Å². The first-order valence-corrected chi connectivity index (χ1v) is 10.2. The highest BCUT2D eigenvalue weighted by Crippen LogP contribution is 2.23. The predicted octanol–water partition coefficient (Wildman–Crippen LogP) is 4.25. The van der Waals surface area contributed by atoms with Crippen LogP contribution in [0.5, 0.6) is 0 Å². The van der Waals surface area contributed by atoms with Crippen molar-refractivity contribution in [1.29, 1.82) is 0 Å². The lowest BCUT2D eigenvalue weighted by Gasteiger charge is -2.23. The van der Waals surface area contributed by atoms with Gasteiger partial charge in [-0.1, -0.05) is 0 Å². The average molecular weight is 484 g/mol. The monoisotopic (exact) mass is 484 g/mol. The number of anilines is 1. The molecule has 1 N–H and O–H groups in total. The predicted molar refractivity (Wildman–Crippen MR) is 121 cm³/mol. The van der Waals surface area contributed by atoms with Gasteiger partial charge in [0.2, 0.25) is 0 Å². The zero-order valence-corrected chi connectivity index (χ0v) is 18.0. The van der Waals surface area contributed by atoms with Gasteiger partial charge in [0.25, 0.3) is 23.2 Å². The third-order valence-electron chi connectivity index (χ3n) is 4.91. The van der Waals surface area contributed by atoms with Crippen LogP contribution in [0.1, 0.15) is 27.1 Å². The molecule has 2 amide bonds. The van der Waals surface area contributed by atoms with Crippen molar-refractivity contribution >= 4 is 28.9 Å². The average Bonchev–Trinajstić information content (AvgIpc) is 2.84. The van der Waals surface area contributed by atoms with E-state index in [-0.39, 0.29) is 30.6 Å². The van der Waals surface area contributed by atoms with Crippen LogP contribution in [0.3, 0.4) is 0 Å². The minimum atomic E-state index is -0.842. The van der Waals surface area contributed by atoms with Crippen LogP contribution < -0.4 is 10.2 Å². The molecule has 12 heteroatoms. The normalized spacial score (nSPS) is 10.5. The standard InChI is InChI=1S/C23H18F2N4O6/c24-17-4-2-15(3-5-17)23(31)27(19-8-6-18(25)7-9-19)11-1-10-26-22(30)16-12-20(28(32)33)14-21(13-16)29(34)35/h2-9,12-14H,1,10-11H2,(H,26,30). The van der Waals surface area contributed by atoms with Crippen LogP contribution in [-0.4, -0.2) is 34.8 Å². The Bertz CT molecular complexity index is 1230. The van der Waals surface area contributed by atoms with Gasteiger partial charge in [-0.25, -0.2) is 8.78 Å². The first kappa shape index (κ1) is 24.9. The quantitative estimate of drug-likeness (QED) is 0.274. The topological polar surface area (TPSA) is 136 Å². The summed E-state index contributed by atoms with van der Waals surface area (Å²) in [6, 6.07) is 12.6. The fraction of sp³-hybridized carbons (Fsp3) is 0.130. The molecule has 0 aliphatic rings. The van der Waals surface area contributed by atoms with Crippen LogP contribution in [0.15, 0.2) is 66.7 Å². The lowest BCUT2D eigenvalue weighted by molar-refractivity contribution is -0.394. The summed E-state index contributed by atoms with van der Waals surface area (Å²) in [5, 5.41) is 24.5. The maximum atomic E-state index is 13.4. The smallest absolute Gasteiger partial charge is 0.277 e. The van der Waals surface area contributed by atoms with Gasteiger partial charge in [0, 0.05) is 36.5 Å². The number of nitrogens with one attached hydrogen (secondary N) is 1. The van der Waals surface area contributed by atoms with Crippen molar-refractivity contribution in [2.75, 3.05) is 18.0 Å². The van der Waals surface area contributed by atoms with Gasteiger partial charge in [-0.15, -0.1) is 0 Å². The zero-order valence-electron chi connectivity index (χ0n) is 18.0. The Labute approximate surface area is 197 Å². The van der Waals surface area contributed by atoms with E-state index >= 15 is 0 Å². The number of carbonyl (C=O) groups is 2. The summed E-state index contributed by atoms with van der Waals surface area (Å²) in [7, 11) is 0. The molecule has 3 rings (SSSR count). The Balaban J connectivity index is 1.70. The van der Waals surface area contributed by atoms with Crippen molar-refractivity contribution in [3.8, 4) is 0 Å². The molecule has 35 heavy (non-hydrogen) atoms. The Morgan fingerprint density at radius 3 is 1.83 bits per heavy atom. The molecular formula is C23H18F2N4O6. The Kier molecular flexibility index (Phi) is 7.77. The second-order valence-electron chi connectivity index (χ2n) is 7.30. The van der Waals surface area contributed by atoms with Crippen LogP contribution in [-0.2, 0) is 0 Å². The van der Waals surface area contributed by atoms with E-state index in [1.54, 1.807) is 0 Å². The van der Waals surface area contributed by atoms with Crippen LogP contribution in [0.4, 0.5) is 25.8 Å². The molecule has 0 radical (unpaired) electrons. The summed E-state index contributed by atoms with van der Waals surface area (Å²) >= 11 is 0. The Morgan fingerprint density at radius 2 is 1.31 bits per heavy atom. The van der Waals surface area contributed by atoms with E-state index in [0.29, 0.717) is 5.69 Å². The number of amides is 2. The molecule has 0 aliphatic carbocycles. The Morgan fingerprint density at radius 1 is 0.800 bits per heavy atom. The molecule has 0 spiro atoms. The molecule has 10 nitrogen and oxygen atoms in total. The highest BCUT2D eigenvalue weighted by Gasteiger charge is 2.21. The van der Waals surface area contributed by atoms with Crippen LogP contribution >= 0.6 is 0 Å². The van der Waals surface area contributed by atoms with Crippen molar-refractivity contribution in [3.05, 3.63) is 110 Å². The minimum absolute atomic E-state index is 0.0176. The molecule has 0 saturated carbocycles. The lowest BCUT2D eigenvalue weighted by atomic mass is 10.1. The second-order valence-corrected chi connectivity index (χ2v) is 7.30. The van der Waals surface area contributed by atoms with Gasteiger partial charge < -0.3 is 10.2 Å². The van der Waals surface area contributed by atoms with Crippen LogP contribution in [0.25, 0.3) is 0 Å². The summed E-state index contributed by atoms with van der Waals surface area (Å²) in [4.78, 5) is 47.1. The third-order valence-corrected chi connectivity index (χ3v) is 4.91. The third kappa shape index (κ3) is 6.41. The summed E-state index contributed by atoms with van der Waals surface area (Å²) in [6.07, 6.45) is 0.215. The number of nitrogens with zero attached hydrogens (tertiary/aromatic N) is 3.